The summed E-state index contributed by atoms with van der Waals surface area (Å²) < 4.78 is 15.8. The van der Waals surface area contributed by atoms with Gasteiger partial charge in [0.1, 0.15) is 12.7 Å². The Balaban J connectivity index is 1.94. The molecule has 1 aliphatic carbocycles. The molecule has 0 amide bonds. The first-order valence-electron chi connectivity index (χ1n) is 7.73. The number of carbonyl (C=O) groups excluding carboxylic acids is 1. The molecule has 0 aromatic carbocycles. The van der Waals surface area contributed by atoms with Gasteiger partial charge in [-0.25, -0.2) is 0 Å². The average molecular weight is 312 g/mol. The minimum atomic E-state index is -1.01. The monoisotopic (exact) mass is 312 g/mol. The van der Waals surface area contributed by atoms with E-state index in [-0.39, 0.29) is 32.2 Å². The Morgan fingerprint density at radius 2 is 1.86 bits per heavy atom. The molecule has 0 fully saturated rings. The van der Waals surface area contributed by atoms with Crippen LogP contribution in [0.4, 0.5) is 0 Å². The van der Waals surface area contributed by atoms with Gasteiger partial charge in [0.05, 0.1) is 32.7 Å². The maximum Gasteiger partial charge on any atom is 0.306 e. The molecule has 0 spiro atoms. The van der Waals surface area contributed by atoms with Gasteiger partial charge in [-0.3, -0.25) is 9.59 Å². The molecule has 1 atom stereocenters. The minimum Gasteiger partial charge on any atom is -0.481 e. The van der Waals surface area contributed by atoms with E-state index in [1.807, 2.05) is 0 Å². The summed E-state index contributed by atoms with van der Waals surface area (Å²) >= 11 is 0. The summed E-state index contributed by atoms with van der Waals surface area (Å²) in [6.45, 7) is 1.29. The van der Waals surface area contributed by atoms with Crippen molar-refractivity contribution in [2.45, 2.75) is 51.0 Å². The Kier molecular flexibility index (Phi) is 10.1. The lowest BCUT2D eigenvalue weighted by molar-refractivity contribution is -0.149. The normalized spacial score (nSPS) is 17.7. The van der Waals surface area contributed by atoms with Crippen LogP contribution in [0.2, 0.25) is 0 Å². The van der Waals surface area contributed by atoms with Crippen LogP contribution in [0.1, 0.15) is 44.9 Å². The number of hydrogen-bond acceptors (Lipinski definition) is 5. The molecule has 22 heavy (non-hydrogen) atoms. The topological polar surface area (TPSA) is 82.1 Å². The van der Waals surface area contributed by atoms with Crippen molar-refractivity contribution in [2.75, 3.05) is 26.4 Å². The Bertz CT molecular complexity index is 395. The van der Waals surface area contributed by atoms with E-state index in [4.69, 9.17) is 19.3 Å². The number of aliphatic carboxylic acids is 1. The van der Waals surface area contributed by atoms with E-state index >= 15 is 0 Å². The van der Waals surface area contributed by atoms with Crippen molar-refractivity contribution in [3.63, 3.8) is 0 Å². The highest BCUT2D eigenvalue weighted by atomic mass is 16.6. The van der Waals surface area contributed by atoms with Crippen molar-refractivity contribution in [1.82, 2.24) is 0 Å². The SMILES string of the molecule is O=C(O)CCC(=O)OCCOCCOC1C#CCCCCC1. The second-order valence-electron chi connectivity index (χ2n) is 5.01. The molecule has 0 aromatic heterocycles. The Morgan fingerprint density at radius 1 is 1.05 bits per heavy atom. The van der Waals surface area contributed by atoms with Gasteiger partial charge in [-0.15, -0.1) is 5.92 Å². The summed E-state index contributed by atoms with van der Waals surface area (Å²) in [6, 6.07) is 0. The van der Waals surface area contributed by atoms with Crippen LogP contribution in [0.5, 0.6) is 0 Å². The molecule has 0 saturated carbocycles. The van der Waals surface area contributed by atoms with Gasteiger partial charge in [-0.1, -0.05) is 12.3 Å². The largest absolute Gasteiger partial charge is 0.481 e. The second-order valence-corrected chi connectivity index (χ2v) is 5.01. The first-order valence-corrected chi connectivity index (χ1v) is 7.73. The molecule has 0 aromatic rings. The Labute approximate surface area is 131 Å². The van der Waals surface area contributed by atoms with Crippen LogP contribution in [0.3, 0.4) is 0 Å². The average Bonchev–Trinajstić information content (AvgIpc) is 2.45. The van der Waals surface area contributed by atoms with Crippen LogP contribution >= 0.6 is 0 Å². The smallest absolute Gasteiger partial charge is 0.306 e. The molecule has 0 radical (unpaired) electrons. The molecule has 0 bridgehead atoms. The first kappa shape index (κ1) is 18.5. The van der Waals surface area contributed by atoms with Gasteiger partial charge in [-0.2, -0.15) is 0 Å². The van der Waals surface area contributed by atoms with Gasteiger partial charge in [0.2, 0.25) is 0 Å². The molecule has 6 heteroatoms. The van der Waals surface area contributed by atoms with Crippen molar-refractivity contribution < 1.29 is 28.9 Å². The number of carbonyl (C=O) groups is 2. The fourth-order valence-electron chi connectivity index (χ4n) is 1.95. The van der Waals surface area contributed by atoms with E-state index in [0.29, 0.717) is 13.2 Å². The predicted molar refractivity (Wildman–Crippen MR) is 79.2 cm³/mol. The summed E-state index contributed by atoms with van der Waals surface area (Å²) in [4.78, 5) is 21.4. The van der Waals surface area contributed by atoms with Crippen LogP contribution in [0.25, 0.3) is 0 Å². The summed E-state index contributed by atoms with van der Waals surface area (Å²) in [5, 5.41) is 8.42. The molecular weight excluding hydrogens is 288 g/mol. The van der Waals surface area contributed by atoms with Crippen molar-refractivity contribution in [3.8, 4) is 11.8 Å². The highest BCUT2D eigenvalue weighted by molar-refractivity contribution is 5.76. The van der Waals surface area contributed by atoms with Crippen molar-refractivity contribution in [1.29, 1.82) is 0 Å². The molecule has 6 nitrogen and oxygen atoms in total. The third-order valence-electron chi connectivity index (χ3n) is 3.11. The van der Waals surface area contributed by atoms with Gasteiger partial charge in [0.15, 0.2) is 0 Å². The summed E-state index contributed by atoms with van der Waals surface area (Å²) in [5.74, 6) is 4.70. The number of ether oxygens (including phenoxy) is 3. The number of esters is 1. The quantitative estimate of drug-likeness (QED) is 0.376. The Hall–Kier alpha value is -1.58. The van der Waals surface area contributed by atoms with E-state index in [9.17, 15) is 9.59 Å². The van der Waals surface area contributed by atoms with E-state index in [2.05, 4.69) is 11.8 Å². The van der Waals surface area contributed by atoms with E-state index < -0.39 is 11.9 Å². The lowest BCUT2D eigenvalue weighted by Gasteiger charge is -2.13. The molecule has 0 heterocycles. The van der Waals surface area contributed by atoms with Gasteiger partial charge in [-0.05, 0) is 19.3 Å². The Morgan fingerprint density at radius 3 is 2.68 bits per heavy atom. The molecule has 1 rings (SSSR count). The fourth-order valence-corrected chi connectivity index (χ4v) is 1.95. The van der Waals surface area contributed by atoms with Gasteiger partial charge in [0, 0.05) is 6.42 Å². The van der Waals surface area contributed by atoms with Crippen LogP contribution in [0, 0.1) is 11.8 Å². The summed E-state index contributed by atoms with van der Waals surface area (Å²) in [6.07, 6.45) is 5.11. The number of hydrogen-bond donors (Lipinski definition) is 1. The van der Waals surface area contributed by atoms with Crippen LogP contribution in [-0.4, -0.2) is 49.6 Å². The standard InChI is InChI=1S/C16H24O6/c17-15(18)8-9-16(19)22-13-11-20-10-12-21-14-6-4-2-1-3-5-7-14/h14H,1-4,6,8-13H2,(H,17,18). The maximum absolute atomic E-state index is 11.1. The van der Waals surface area contributed by atoms with E-state index in [0.717, 1.165) is 19.3 Å². The molecule has 124 valence electrons. The predicted octanol–water partition coefficient (Wildman–Crippen LogP) is 1.76. The van der Waals surface area contributed by atoms with Crippen LogP contribution in [-0.2, 0) is 23.8 Å². The highest BCUT2D eigenvalue weighted by Crippen LogP contribution is 2.10. The third kappa shape index (κ3) is 10.2. The van der Waals surface area contributed by atoms with Gasteiger partial charge >= 0.3 is 11.9 Å². The lowest BCUT2D eigenvalue weighted by atomic mass is 10.1. The minimum absolute atomic E-state index is 0.00209. The zero-order valence-corrected chi connectivity index (χ0v) is 12.8. The zero-order valence-electron chi connectivity index (χ0n) is 12.8. The van der Waals surface area contributed by atoms with Crippen molar-refractivity contribution in [3.05, 3.63) is 0 Å². The van der Waals surface area contributed by atoms with E-state index in [1.165, 1.54) is 12.8 Å². The van der Waals surface area contributed by atoms with Crippen molar-refractivity contribution in [2.24, 2.45) is 0 Å². The number of carboxylic acids is 1. The highest BCUT2D eigenvalue weighted by Gasteiger charge is 2.08. The maximum atomic E-state index is 11.1. The van der Waals surface area contributed by atoms with Gasteiger partial charge in [0.25, 0.3) is 0 Å². The molecule has 1 aliphatic rings. The molecule has 0 saturated heterocycles. The third-order valence-corrected chi connectivity index (χ3v) is 3.11. The molecule has 1 N–H and O–H groups in total. The number of carboxylic acid groups (broad SMARTS) is 1. The van der Waals surface area contributed by atoms with Gasteiger partial charge < -0.3 is 19.3 Å². The van der Waals surface area contributed by atoms with Crippen LogP contribution in [0.15, 0.2) is 0 Å². The summed E-state index contributed by atoms with van der Waals surface area (Å²) in [7, 11) is 0. The fraction of sp³-hybridized carbons (Fsp3) is 0.750. The van der Waals surface area contributed by atoms with E-state index in [1.54, 1.807) is 0 Å². The summed E-state index contributed by atoms with van der Waals surface area (Å²) in [5.41, 5.74) is 0. The molecule has 1 unspecified atom stereocenters. The lowest BCUT2D eigenvalue weighted by Crippen LogP contribution is -2.17. The number of rotatable bonds is 10. The van der Waals surface area contributed by atoms with Crippen LogP contribution < -0.4 is 0 Å². The first-order chi connectivity index (χ1) is 10.7. The van der Waals surface area contributed by atoms with Crippen molar-refractivity contribution >= 4 is 11.9 Å². The molecular formula is C16H24O6. The second kappa shape index (κ2) is 12.0. The molecule has 0 aliphatic heterocycles. The zero-order chi connectivity index (χ0) is 16.0.